The predicted octanol–water partition coefficient (Wildman–Crippen LogP) is 19.7. The summed E-state index contributed by atoms with van der Waals surface area (Å²) in [6.45, 7) is 16.8. The minimum atomic E-state index is -1.09. The standard InChI is InChI=1S/2C20H33F3.C20H34F2.C20H35F.8H2O.4H2/c1-12-3-6-14(7-4-12)16-10-18(22)20(19(23)11-16)15-8-5-13(2)17(21)9-15;1-12-3-5-14(6-4-12)15-7-8-17(20(23)9-15)16-10-18(21)13(2)19(22)11-16;1-13-3-5-15(6-4-13)16-7-9-17(10-8-16)18-11-19(21)14(2)20(22)12-18;1-14-3-6-16(7-4-14)17-9-11-18(12-10-17)19-8-5-15(2)20(21)13-19;;;;;;;;;;;;/h2*12-20H,3-11H2,1-2H3;13-20H,3-12H2,1-2H3;14-20H,3-13H2,1-2H3;8*1H2;4*1H. The molecular weight excluding hydrogens is 1260 g/mol. The highest BCUT2D eigenvalue weighted by atomic mass is 19.2. The summed E-state index contributed by atoms with van der Waals surface area (Å²) in [6, 6.07) is 0. The van der Waals surface area contributed by atoms with Gasteiger partial charge in [-0.2, -0.15) is 0 Å². The quantitative estimate of drug-likeness (QED) is 0.206. The van der Waals surface area contributed by atoms with E-state index in [9.17, 15) is 39.5 Å². The van der Waals surface area contributed by atoms with Crippen LogP contribution in [0.5, 0.6) is 0 Å². The summed E-state index contributed by atoms with van der Waals surface area (Å²) in [7, 11) is 0. The number of hydrogen-bond acceptors (Lipinski definition) is 0. The van der Waals surface area contributed by atoms with Crippen LogP contribution in [0.25, 0.3) is 0 Å². The first-order valence-electron chi connectivity index (χ1n) is 39.3. The van der Waals surface area contributed by atoms with E-state index in [0.717, 1.165) is 105 Å². The maximum absolute atomic E-state index is 14.8. The zero-order valence-electron chi connectivity index (χ0n) is 62.0. The second-order valence-corrected chi connectivity index (χ2v) is 35.4. The third-order valence-electron chi connectivity index (χ3n) is 29.4. The van der Waals surface area contributed by atoms with Gasteiger partial charge < -0.3 is 43.8 Å². The molecule has 12 saturated carbocycles. The van der Waals surface area contributed by atoms with Crippen molar-refractivity contribution in [3.63, 3.8) is 0 Å². The first-order valence-corrected chi connectivity index (χ1v) is 39.3. The summed E-state index contributed by atoms with van der Waals surface area (Å²) in [5.74, 6) is 10.5. The second kappa shape index (κ2) is 44.8. The molecule has 590 valence electrons. The Balaban J connectivity index is -0.000000598. The van der Waals surface area contributed by atoms with Gasteiger partial charge in [0.1, 0.15) is 55.5 Å². The van der Waals surface area contributed by atoms with E-state index >= 15 is 0 Å². The SMILES string of the molecule is CC1CCC(C2CC(F)C(C3CCC(C)C(F)C3)C(F)C2)CC1.CC1CCC(C2CCC(C3CC(F)C(C)C(F)C3)C(F)C2)CC1.CC1CCC(C2CCC(C3CC(F)C(C)C(F)C3)CC2)CC1.CC1CCC(C2CCC(C3CCC(C)C(F)C3)CC2)CC1.O.O.O.O.O.O.O.O.[HH].[HH].[HH].[HH]. The van der Waals surface area contributed by atoms with Crippen LogP contribution in [0, 0.1) is 142 Å². The normalized spacial score (nSPS) is 46.9. The van der Waals surface area contributed by atoms with Gasteiger partial charge in [0.2, 0.25) is 0 Å². The molecule has 0 aromatic heterocycles. The minimum absolute atomic E-state index is 0. The molecule has 15 unspecified atom stereocenters. The molecule has 12 aliphatic rings. The fourth-order valence-corrected chi connectivity index (χ4v) is 22.3. The molecular formula is C80H159F9O8. The highest BCUT2D eigenvalue weighted by Gasteiger charge is 2.49. The fraction of sp³-hybridized carbons (Fsp3) is 1.00. The number of halogens is 9. The lowest BCUT2D eigenvalue weighted by Crippen LogP contribution is -2.44. The van der Waals surface area contributed by atoms with Crippen LogP contribution in [-0.4, -0.2) is 99.4 Å². The van der Waals surface area contributed by atoms with Gasteiger partial charge in [-0.1, -0.05) is 107 Å². The fourth-order valence-electron chi connectivity index (χ4n) is 22.3. The van der Waals surface area contributed by atoms with Crippen molar-refractivity contribution in [2.45, 2.75) is 361 Å². The smallest absolute Gasteiger partial charge is 0.106 e. The molecule has 15 atom stereocenters. The van der Waals surface area contributed by atoms with Crippen LogP contribution in [0.2, 0.25) is 0 Å². The van der Waals surface area contributed by atoms with E-state index in [0.29, 0.717) is 92.8 Å². The Hall–Kier alpha value is -0.950. The Morgan fingerprint density at radius 2 is 0.371 bits per heavy atom. The molecule has 0 bridgehead atoms. The lowest BCUT2D eigenvalue weighted by molar-refractivity contribution is -0.0339. The summed E-state index contributed by atoms with van der Waals surface area (Å²) in [4.78, 5) is 0. The average molecular weight is 1420 g/mol. The maximum atomic E-state index is 14.8. The molecule has 12 rings (SSSR count). The second-order valence-electron chi connectivity index (χ2n) is 35.4. The predicted molar refractivity (Wildman–Crippen MR) is 391 cm³/mol. The first-order chi connectivity index (χ1) is 42.6. The summed E-state index contributed by atoms with van der Waals surface area (Å²) in [5, 5.41) is 0. The van der Waals surface area contributed by atoms with Crippen LogP contribution in [-0.2, 0) is 0 Å². The molecule has 97 heavy (non-hydrogen) atoms. The van der Waals surface area contributed by atoms with Gasteiger partial charge in [0.25, 0.3) is 0 Å². The Kier molecular flexibility index (Phi) is 43.4. The molecule has 0 saturated heterocycles. The van der Waals surface area contributed by atoms with Gasteiger partial charge in [-0.25, -0.2) is 39.5 Å². The number of alkyl halides is 9. The molecule has 12 aliphatic carbocycles. The van der Waals surface area contributed by atoms with E-state index in [1.54, 1.807) is 13.8 Å². The lowest BCUT2D eigenvalue weighted by Gasteiger charge is -2.44. The average Bonchev–Trinajstić information content (AvgIpc) is 0.810. The van der Waals surface area contributed by atoms with Crippen LogP contribution < -0.4 is 0 Å². The van der Waals surface area contributed by atoms with Gasteiger partial charge in [-0.3, -0.25) is 0 Å². The van der Waals surface area contributed by atoms with E-state index in [1.807, 2.05) is 6.92 Å². The highest BCUT2D eigenvalue weighted by Crippen LogP contribution is 2.53. The van der Waals surface area contributed by atoms with E-state index in [4.69, 9.17) is 0 Å². The van der Waals surface area contributed by atoms with Crippen molar-refractivity contribution < 1.29 is 89.0 Å². The summed E-state index contributed by atoms with van der Waals surface area (Å²) in [5.41, 5.74) is 0. The largest absolute Gasteiger partial charge is 0.412 e. The van der Waals surface area contributed by atoms with Crippen molar-refractivity contribution in [2.24, 2.45) is 142 Å². The van der Waals surface area contributed by atoms with Crippen molar-refractivity contribution >= 4 is 0 Å². The highest BCUT2D eigenvalue weighted by molar-refractivity contribution is 4.98. The Morgan fingerprint density at radius 3 is 0.660 bits per heavy atom. The molecule has 0 amide bonds. The Labute approximate surface area is 590 Å². The van der Waals surface area contributed by atoms with Crippen molar-refractivity contribution in [1.29, 1.82) is 0 Å². The van der Waals surface area contributed by atoms with Gasteiger partial charge in [-0.15, -0.1) is 0 Å². The zero-order valence-corrected chi connectivity index (χ0v) is 62.0. The van der Waals surface area contributed by atoms with E-state index < -0.39 is 67.4 Å². The lowest BCUT2D eigenvalue weighted by atomic mass is 9.63. The maximum Gasteiger partial charge on any atom is 0.106 e. The topological polar surface area (TPSA) is 252 Å². The summed E-state index contributed by atoms with van der Waals surface area (Å²) >= 11 is 0. The monoisotopic (exact) mass is 1420 g/mol. The van der Waals surface area contributed by atoms with Crippen molar-refractivity contribution in [3.8, 4) is 0 Å². The summed E-state index contributed by atoms with van der Waals surface area (Å²) < 4.78 is 128. The molecule has 0 spiro atoms. The summed E-state index contributed by atoms with van der Waals surface area (Å²) in [6.07, 6.45) is 34.7. The third-order valence-corrected chi connectivity index (χ3v) is 29.4. The van der Waals surface area contributed by atoms with Gasteiger partial charge in [0, 0.05) is 23.5 Å². The molecule has 17 heteroatoms. The molecule has 0 aromatic carbocycles. The molecule has 0 radical (unpaired) electrons. The van der Waals surface area contributed by atoms with Gasteiger partial charge >= 0.3 is 0 Å². The van der Waals surface area contributed by atoms with E-state index in [-0.39, 0.29) is 85.0 Å². The van der Waals surface area contributed by atoms with Crippen LogP contribution in [0.15, 0.2) is 0 Å². The van der Waals surface area contributed by atoms with Crippen LogP contribution >= 0.6 is 0 Å². The van der Waals surface area contributed by atoms with Crippen LogP contribution in [0.4, 0.5) is 39.5 Å². The minimum Gasteiger partial charge on any atom is -0.412 e. The Bertz CT molecular complexity index is 1980. The number of rotatable bonds is 8. The van der Waals surface area contributed by atoms with Crippen molar-refractivity contribution in [1.82, 2.24) is 0 Å². The first kappa shape index (κ1) is 94.1. The van der Waals surface area contributed by atoms with E-state index in [1.165, 1.54) is 148 Å². The molecule has 12 fully saturated rings. The third kappa shape index (κ3) is 26.0. The van der Waals surface area contributed by atoms with Crippen LogP contribution in [0.1, 0.15) is 312 Å². The zero-order chi connectivity index (χ0) is 63.6. The molecule has 16 N–H and O–H groups in total. The van der Waals surface area contributed by atoms with Gasteiger partial charge in [0.05, 0.1) is 0 Å². The van der Waals surface area contributed by atoms with Crippen molar-refractivity contribution in [3.05, 3.63) is 0 Å². The molecule has 0 aliphatic heterocycles. The van der Waals surface area contributed by atoms with Crippen LogP contribution in [0.3, 0.4) is 0 Å². The van der Waals surface area contributed by atoms with Gasteiger partial charge in [0.15, 0.2) is 0 Å². The van der Waals surface area contributed by atoms with E-state index in [2.05, 4.69) is 34.6 Å². The molecule has 8 nitrogen and oxygen atoms in total. The Morgan fingerprint density at radius 1 is 0.175 bits per heavy atom. The molecule has 0 heterocycles. The van der Waals surface area contributed by atoms with Crippen molar-refractivity contribution in [2.75, 3.05) is 0 Å². The van der Waals surface area contributed by atoms with Gasteiger partial charge in [-0.05, 0) is 323 Å². The number of hydrogen-bond donors (Lipinski definition) is 0. The molecule has 0 aromatic rings.